The van der Waals surface area contributed by atoms with Crippen molar-refractivity contribution in [1.82, 2.24) is 9.88 Å². The monoisotopic (exact) mass is 572 g/mol. The van der Waals surface area contributed by atoms with Crippen LogP contribution in [0.1, 0.15) is 54.0 Å². The van der Waals surface area contributed by atoms with Gasteiger partial charge in [-0.1, -0.05) is 12.1 Å². The summed E-state index contributed by atoms with van der Waals surface area (Å²) in [5.74, 6) is -1.53. The number of pyridine rings is 1. The number of hydrogen-bond acceptors (Lipinski definition) is 5. The lowest BCUT2D eigenvalue weighted by Crippen LogP contribution is -2.54. The molecule has 0 bridgehead atoms. The van der Waals surface area contributed by atoms with E-state index in [0.29, 0.717) is 68.8 Å². The summed E-state index contributed by atoms with van der Waals surface area (Å²) >= 11 is 0. The van der Waals surface area contributed by atoms with E-state index < -0.39 is 34.4 Å². The molecule has 2 fully saturated rings. The summed E-state index contributed by atoms with van der Waals surface area (Å²) in [5, 5.41) is 5.81. The van der Waals surface area contributed by atoms with Crippen LogP contribution in [-0.4, -0.2) is 47.4 Å². The maximum atomic E-state index is 14.2. The second-order valence-corrected chi connectivity index (χ2v) is 11.9. The first-order valence-electron chi connectivity index (χ1n) is 14.3. The number of piperidine rings is 1. The Bertz CT molecular complexity index is 1600. The minimum atomic E-state index is -0.724. The molecule has 2 unspecified atom stereocenters. The van der Waals surface area contributed by atoms with Crippen molar-refractivity contribution in [3.63, 3.8) is 0 Å². The molecule has 2 atom stereocenters. The Kier molecular flexibility index (Phi) is 6.34. The van der Waals surface area contributed by atoms with E-state index in [1.165, 1.54) is 17.0 Å². The molecule has 2 spiro atoms. The highest BCUT2D eigenvalue weighted by Gasteiger charge is 2.51. The molecule has 216 valence electrons. The SMILES string of the molecule is O=C(CN1C(=O)C2(CCOCC2)CCC1c1cc(F)cc(F)c1)Nc1ccc2c(c1)CC1(C2)C(=O)Nc2ncccc21. The number of benzene rings is 2. The third-order valence-corrected chi connectivity index (χ3v) is 9.48. The van der Waals surface area contributed by atoms with Gasteiger partial charge in [0.2, 0.25) is 17.7 Å². The molecule has 2 N–H and O–H groups in total. The molecule has 7 rings (SSSR count). The van der Waals surface area contributed by atoms with Crippen molar-refractivity contribution in [2.45, 2.75) is 50.0 Å². The van der Waals surface area contributed by atoms with Crippen molar-refractivity contribution in [3.8, 4) is 0 Å². The van der Waals surface area contributed by atoms with Crippen molar-refractivity contribution >= 4 is 29.2 Å². The fourth-order valence-corrected chi connectivity index (χ4v) is 7.34. The van der Waals surface area contributed by atoms with Crippen LogP contribution in [0, 0.1) is 17.0 Å². The zero-order chi connectivity index (χ0) is 29.1. The lowest BCUT2D eigenvalue weighted by molar-refractivity contribution is -0.159. The molecule has 1 aliphatic carbocycles. The highest BCUT2D eigenvalue weighted by atomic mass is 19.1. The highest BCUT2D eigenvalue weighted by molar-refractivity contribution is 6.06. The number of likely N-dealkylation sites (tertiary alicyclic amines) is 1. The van der Waals surface area contributed by atoms with Gasteiger partial charge in [0, 0.05) is 36.7 Å². The molecule has 42 heavy (non-hydrogen) atoms. The number of nitrogens with one attached hydrogen (secondary N) is 2. The fraction of sp³-hybridized carbons (Fsp3) is 0.375. The van der Waals surface area contributed by atoms with Gasteiger partial charge >= 0.3 is 0 Å². The molecule has 4 heterocycles. The Hall–Kier alpha value is -4.18. The van der Waals surface area contributed by atoms with Crippen molar-refractivity contribution in [2.24, 2.45) is 5.41 Å². The van der Waals surface area contributed by atoms with E-state index in [4.69, 9.17) is 4.74 Å². The van der Waals surface area contributed by atoms with Gasteiger partial charge in [-0.2, -0.15) is 0 Å². The summed E-state index contributed by atoms with van der Waals surface area (Å²) < 4.78 is 33.8. The van der Waals surface area contributed by atoms with Gasteiger partial charge in [-0.3, -0.25) is 14.4 Å². The number of hydrogen-bond donors (Lipinski definition) is 2. The summed E-state index contributed by atoms with van der Waals surface area (Å²) in [6, 6.07) is 12.0. The zero-order valence-corrected chi connectivity index (χ0v) is 22.9. The number of nitrogens with zero attached hydrogens (tertiary/aromatic N) is 2. The van der Waals surface area contributed by atoms with Crippen molar-refractivity contribution in [2.75, 3.05) is 30.4 Å². The van der Waals surface area contributed by atoms with E-state index in [9.17, 15) is 23.2 Å². The largest absolute Gasteiger partial charge is 0.381 e. The van der Waals surface area contributed by atoms with Gasteiger partial charge in [0.25, 0.3) is 0 Å². The van der Waals surface area contributed by atoms with Crippen LogP contribution in [0.4, 0.5) is 20.3 Å². The van der Waals surface area contributed by atoms with Crippen molar-refractivity contribution in [1.29, 1.82) is 0 Å². The zero-order valence-electron chi connectivity index (χ0n) is 22.9. The lowest BCUT2D eigenvalue weighted by Gasteiger charge is -2.47. The van der Waals surface area contributed by atoms with E-state index in [1.54, 1.807) is 12.3 Å². The van der Waals surface area contributed by atoms with E-state index in [0.717, 1.165) is 22.8 Å². The summed E-state index contributed by atoms with van der Waals surface area (Å²) in [4.78, 5) is 46.2. The molecule has 3 aliphatic heterocycles. The molecule has 10 heteroatoms. The maximum Gasteiger partial charge on any atom is 0.244 e. The van der Waals surface area contributed by atoms with Crippen LogP contribution >= 0.6 is 0 Å². The average Bonchev–Trinajstić information content (AvgIpc) is 3.48. The first-order valence-corrected chi connectivity index (χ1v) is 14.3. The minimum absolute atomic E-state index is 0.0801. The molecule has 1 aromatic heterocycles. The third-order valence-electron chi connectivity index (χ3n) is 9.48. The Balaban J connectivity index is 1.12. The predicted octanol–water partition coefficient (Wildman–Crippen LogP) is 4.45. The van der Waals surface area contributed by atoms with Crippen LogP contribution in [0.5, 0.6) is 0 Å². The number of halogens is 2. The molecule has 2 aromatic carbocycles. The van der Waals surface area contributed by atoms with Crippen LogP contribution in [0.25, 0.3) is 0 Å². The highest BCUT2D eigenvalue weighted by Crippen LogP contribution is 2.48. The molecule has 8 nitrogen and oxygen atoms in total. The van der Waals surface area contributed by atoms with Crippen molar-refractivity contribution < 1.29 is 27.9 Å². The number of ether oxygens (including phenoxy) is 1. The molecule has 0 saturated carbocycles. The van der Waals surface area contributed by atoms with E-state index in [-0.39, 0.29) is 18.4 Å². The predicted molar refractivity (Wildman–Crippen MR) is 150 cm³/mol. The second-order valence-electron chi connectivity index (χ2n) is 11.9. The Morgan fingerprint density at radius 3 is 2.57 bits per heavy atom. The number of carbonyl (C=O) groups is 3. The quantitative estimate of drug-likeness (QED) is 0.481. The molecule has 3 amide bonds. The molecule has 2 saturated heterocycles. The minimum Gasteiger partial charge on any atom is -0.381 e. The maximum absolute atomic E-state index is 14.2. The Labute approximate surface area is 241 Å². The summed E-state index contributed by atoms with van der Waals surface area (Å²) in [5.41, 5.74) is 2.39. The average molecular weight is 573 g/mol. The fourth-order valence-electron chi connectivity index (χ4n) is 7.34. The van der Waals surface area contributed by atoms with Crippen molar-refractivity contribution in [3.05, 3.63) is 88.6 Å². The van der Waals surface area contributed by atoms with E-state index in [1.807, 2.05) is 24.3 Å². The number of amides is 3. The van der Waals surface area contributed by atoms with E-state index in [2.05, 4.69) is 15.6 Å². The smallest absolute Gasteiger partial charge is 0.244 e. The van der Waals surface area contributed by atoms with Crippen LogP contribution in [0.3, 0.4) is 0 Å². The summed E-state index contributed by atoms with van der Waals surface area (Å²) in [7, 11) is 0. The molecular weight excluding hydrogens is 542 g/mol. The van der Waals surface area contributed by atoms with E-state index >= 15 is 0 Å². The van der Waals surface area contributed by atoms with Crippen LogP contribution < -0.4 is 10.6 Å². The third kappa shape index (κ3) is 4.36. The summed E-state index contributed by atoms with van der Waals surface area (Å²) in [6.45, 7) is 0.660. The number of anilines is 2. The number of aromatic nitrogens is 1. The van der Waals surface area contributed by atoms with Gasteiger partial charge in [-0.05, 0) is 85.5 Å². The second kappa shape index (κ2) is 9.97. The molecular formula is C32H30F2N4O4. The molecule has 0 radical (unpaired) electrons. The first kappa shape index (κ1) is 26.7. The molecule has 4 aliphatic rings. The summed E-state index contributed by atoms with van der Waals surface area (Å²) in [6.07, 6.45) is 4.83. The van der Waals surface area contributed by atoms with Gasteiger partial charge in [-0.25, -0.2) is 13.8 Å². The Morgan fingerprint density at radius 1 is 1.02 bits per heavy atom. The molecule has 3 aromatic rings. The Morgan fingerprint density at radius 2 is 1.79 bits per heavy atom. The van der Waals surface area contributed by atoms with Crippen LogP contribution in [-0.2, 0) is 37.4 Å². The number of carbonyl (C=O) groups excluding carboxylic acids is 3. The standard InChI is InChI=1S/C32H30F2N4O4/c33-22-12-20(13-23(34)15-22)26-5-6-31(7-10-42-11-8-31)30(41)38(26)18-27(39)36-24-4-3-19-16-32(17-21(19)14-24)25-2-1-9-35-28(25)37-29(32)40/h1-4,9,12-15,26H,5-8,10-11,16-18H2,(H,36,39)(H,35,37,40). The first-order chi connectivity index (χ1) is 20.3. The van der Waals surface area contributed by atoms with Gasteiger partial charge < -0.3 is 20.3 Å². The lowest BCUT2D eigenvalue weighted by atomic mass is 9.70. The number of fused-ring (bicyclic) bond motifs is 3. The van der Waals surface area contributed by atoms with Crippen LogP contribution in [0.2, 0.25) is 0 Å². The normalized spacial score (nSPS) is 24.0. The van der Waals surface area contributed by atoms with Gasteiger partial charge in [0.1, 0.15) is 24.0 Å². The number of rotatable bonds is 4. The van der Waals surface area contributed by atoms with Gasteiger partial charge in [-0.15, -0.1) is 0 Å². The van der Waals surface area contributed by atoms with Gasteiger partial charge in [0.05, 0.1) is 16.9 Å². The van der Waals surface area contributed by atoms with Gasteiger partial charge in [0.15, 0.2) is 0 Å². The topological polar surface area (TPSA) is 101 Å². The van der Waals surface area contributed by atoms with Crippen LogP contribution in [0.15, 0.2) is 54.7 Å².